The Hall–Kier alpha value is -1.39. The molecule has 1 rings (SSSR count). The molecule has 0 atom stereocenters. The van der Waals surface area contributed by atoms with Crippen molar-refractivity contribution in [3.05, 3.63) is 11.7 Å². The van der Waals surface area contributed by atoms with E-state index in [1.54, 1.807) is 6.92 Å². The summed E-state index contributed by atoms with van der Waals surface area (Å²) in [6.45, 7) is 3.75. The first-order chi connectivity index (χ1) is 5.68. The van der Waals surface area contributed by atoms with Crippen LogP contribution in [-0.2, 0) is 11.2 Å². The van der Waals surface area contributed by atoms with Crippen molar-refractivity contribution in [2.45, 2.75) is 20.3 Å². The largest absolute Gasteiger partial charge is 0.356 e. The number of rotatable bonds is 3. The minimum atomic E-state index is -0.0461. The topological polar surface area (TPSA) is 68.0 Å². The molecule has 0 aliphatic carbocycles. The molecular weight excluding hydrogens is 158 g/mol. The van der Waals surface area contributed by atoms with E-state index in [-0.39, 0.29) is 5.91 Å². The number of nitrogens with one attached hydrogen (secondary N) is 1. The molecule has 0 saturated heterocycles. The van der Waals surface area contributed by atoms with Gasteiger partial charge in [0.1, 0.15) is 0 Å². The van der Waals surface area contributed by atoms with Gasteiger partial charge in [0, 0.05) is 26.8 Å². The van der Waals surface area contributed by atoms with Crippen LogP contribution in [0, 0.1) is 6.92 Å². The maximum atomic E-state index is 10.5. The van der Waals surface area contributed by atoms with E-state index in [9.17, 15) is 4.79 Å². The zero-order valence-corrected chi connectivity index (χ0v) is 7.13. The highest BCUT2D eigenvalue weighted by Gasteiger charge is 2.01. The van der Waals surface area contributed by atoms with Crippen LogP contribution >= 0.6 is 0 Å². The molecule has 0 unspecified atom stereocenters. The molecule has 0 radical (unpaired) electrons. The second kappa shape index (κ2) is 3.85. The van der Waals surface area contributed by atoms with Crippen molar-refractivity contribution in [3.8, 4) is 0 Å². The first kappa shape index (κ1) is 8.70. The van der Waals surface area contributed by atoms with Crippen molar-refractivity contribution in [1.82, 2.24) is 15.5 Å². The predicted octanol–water partition coefficient (Wildman–Crippen LogP) is 0.0566. The van der Waals surface area contributed by atoms with Crippen molar-refractivity contribution >= 4 is 5.91 Å². The van der Waals surface area contributed by atoms with E-state index in [1.807, 2.05) is 0 Å². The lowest BCUT2D eigenvalue weighted by Crippen LogP contribution is -2.22. The molecule has 1 aromatic rings. The number of nitrogens with zero attached hydrogens (tertiary/aromatic N) is 2. The van der Waals surface area contributed by atoms with Crippen LogP contribution in [0.5, 0.6) is 0 Å². The molecule has 1 aromatic heterocycles. The summed E-state index contributed by atoms with van der Waals surface area (Å²) in [7, 11) is 0. The fraction of sp³-hybridized carbons (Fsp3) is 0.571. The second-order valence-corrected chi connectivity index (χ2v) is 2.46. The number of carbonyl (C=O) groups is 1. The van der Waals surface area contributed by atoms with Gasteiger partial charge in [-0.15, -0.1) is 0 Å². The third-order valence-electron chi connectivity index (χ3n) is 1.29. The summed E-state index contributed by atoms with van der Waals surface area (Å²) in [5.41, 5.74) is 0. The first-order valence-electron chi connectivity index (χ1n) is 3.72. The maximum absolute atomic E-state index is 10.5. The van der Waals surface area contributed by atoms with Crippen LogP contribution in [0.15, 0.2) is 4.52 Å². The highest BCUT2D eigenvalue weighted by molar-refractivity contribution is 5.72. The Morgan fingerprint density at radius 1 is 1.67 bits per heavy atom. The van der Waals surface area contributed by atoms with Crippen LogP contribution in [0.2, 0.25) is 0 Å². The second-order valence-electron chi connectivity index (χ2n) is 2.46. The Balaban J connectivity index is 2.29. The van der Waals surface area contributed by atoms with Crippen molar-refractivity contribution < 1.29 is 9.32 Å². The molecule has 0 saturated carbocycles. The Morgan fingerprint density at radius 2 is 2.42 bits per heavy atom. The molecule has 0 fully saturated rings. The highest BCUT2D eigenvalue weighted by Crippen LogP contribution is 1.94. The minimum absolute atomic E-state index is 0.0461. The van der Waals surface area contributed by atoms with E-state index in [2.05, 4.69) is 15.5 Å². The predicted molar refractivity (Wildman–Crippen MR) is 41.4 cm³/mol. The Labute approximate surface area is 70.2 Å². The third-order valence-corrected chi connectivity index (χ3v) is 1.29. The number of amides is 1. The van der Waals surface area contributed by atoms with E-state index in [0.717, 1.165) is 0 Å². The molecule has 0 aliphatic heterocycles. The van der Waals surface area contributed by atoms with Gasteiger partial charge in [0.2, 0.25) is 11.8 Å². The van der Waals surface area contributed by atoms with E-state index in [1.165, 1.54) is 6.92 Å². The molecule has 5 heteroatoms. The summed E-state index contributed by atoms with van der Waals surface area (Å²) in [5.74, 6) is 1.13. The summed E-state index contributed by atoms with van der Waals surface area (Å²) in [5, 5.41) is 6.32. The summed E-state index contributed by atoms with van der Waals surface area (Å²) in [4.78, 5) is 14.4. The summed E-state index contributed by atoms with van der Waals surface area (Å²) >= 11 is 0. The van der Waals surface area contributed by atoms with Gasteiger partial charge >= 0.3 is 0 Å². The molecule has 1 heterocycles. The van der Waals surface area contributed by atoms with Crippen LogP contribution in [0.3, 0.4) is 0 Å². The Morgan fingerprint density at radius 3 is 2.92 bits per heavy atom. The van der Waals surface area contributed by atoms with Gasteiger partial charge in [-0.25, -0.2) is 0 Å². The molecular formula is C7H11N3O2. The van der Waals surface area contributed by atoms with Gasteiger partial charge in [-0.3, -0.25) is 4.79 Å². The molecule has 66 valence electrons. The maximum Gasteiger partial charge on any atom is 0.223 e. The Kier molecular flexibility index (Phi) is 2.79. The molecule has 0 aliphatic rings. The molecule has 0 spiro atoms. The SMILES string of the molecule is CC(=O)NCCc1noc(C)n1. The average Bonchev–Trinajstić information content (AvgIpc) is 2.35. The molecule has 0 bridgehead atoms. The quantitative estimate of drug-likeness (QED) is 0.694. The van der Waals surface area contributed by atoms with Crippen molar-refractivity contribution in [3.63, 3.8) is 0 Å². The molecule has 1 N–H and O–H groups in total. The number of hydrogen-bond donors (Lipinski definition) is 1. The first-order valence-corrected chi connectivity index (χ1v) is 3.72. The van der Waals surface area contributed by atoms with E-state index in [4.69, 9.17) is 4.52 Å². The van der Waals surface area contributed by atoms with Gasteiger partial charge in [0.05, 0.1) is 0 Å². The van der Waals surface area contributed by atoms with E-state index < -0.39 is 0 Å². The molecule has 1 amide bonds. The summed E-state index contributed by atoms with van der Waals surface area (Å²) in [6, 6.07) is 0. The fourth-order valence-electron chi connectivity index (χ4n) is 0.793. The van der Waals surface area contributed by atoms with Crippen LogP contribution in [0.1, 0.15) is 18.6 Å². The van der Waals surface area contributed by atoms with Crippen LogP contribution in [0.4, 0.5) is 0 Å². The average molecular weight is 169 g/mol. The highest BCUT2D eigenvalue weighted by atomic mass is 16.5. The minimum Gasteiger partial charge on any atom is -0.356 e. The van der Waals surface area contributed by atoms with Crippen molar-refractivity contribution in [2.24, 2.45) is 0 Å². The number of carbonyl (C=O) groups excluding carboxylic acids is 1. The third kappa shape index (κ3) is 2.69. The van der Waals surface area contributed by atoms with Gasteiger partial charge in [-0.1, -0.05) is 5.16 Å². The van der Waals surface area contributed by atoms with Gasteiger partial charge in [0.15, 0.2) is 5.82 Å². The molecule has 12 heavy (non-hydrogen) atoms. The molecule has 5 nitrogen and oxygen atoms in total. The van der Waals surface area contributed by atoms with E-state index >= 15 is 0 Å². The lowest BCUT2D eigenvalue weighted by atomic mass is 10.4. The lowest BCUT2D eigenvalue weighted by Gasteiger charge is -1.96. The Bertz CT molecular complexity index is 269. The standard InChI is InChI=1S/C7H11N3O2/c1-5(11)8-4-3-7-9-6(2)12-10-7/h3-4H2,1-2H3,(H,8,11). The van der Waals surface area contributed by atoms with Gasteiger partial charge in [-0.05, 0) is 0 Å². The summed E-state index contributed by atoms with van der Waals surface area (Å²) < 4.78 is 4.75. The van der Waals surface area contributed by atoms with Gasteiger partial charge < -0.3 is 9.84 Å². The fourth-order valence-corrected chi connectivity index (χ4v) is 0.793. The lowest BCUT2D eigenvalue weighted by molar-refractivity contribution is -0.118. The van der Waals surface area contributed by atoms with Gasteiger partial charge in [-0.2, -0.15) is 4.98 Å². The summed E-state index contributed by atoms with van der Waals surface area (Å²) in [6.07, 6.45) is 0.608. The smallest absolute Gasteiger partial charge is 0.223 e. The van der Waals surface area contributed by atoms with Crippen molar-refractivity contribution in [2.75, 3.05) is 6.54 Å². The number of hydrogen-bond acceptors (Lipinski definition) is 4. The zero-order chi connectivity index (χ0) is 8.97. The van der Waals surface area contributed by atoms with Crippen LogP contribution < -0.4 is 5.32 Å². The van der Waals surface area contributed by atoms with Crippen molar-refractivity contribution in [1.29, 1.82) is 0 Å². The van der Waals surface area contributed by atoms with Crippen LogP contribution in [-0.4, -0.2) is 22.6 Å². The number of aryl methyl sites for hydroxylation is 1. The molecule has 0 aromatic carbocycles. The monoisotopic (exact) mass is 169 g/mol. The normalized spacial score (nSPS) is 9.83. The van der Waals surface area contributed by atoms with E-state index in [0.29, 0.717) is 24.7 Å². The number of aromatic nitrogens is 2. The van der Waals surface area contributed by atoms with Crippen LogP contribution in [0.25, 0.3) is 0 Å². The zero-order valence-electron chi connectivity index (χ0n) is 7.13. The van der Waals surface area contributed by atoms with Gasteiger partial charge in [0.25, 0.3) is 0 Å².